The van der Waals surface area contributed by atoms with Crippen molar-refractivity contribution in [1.29, 1.82) is 0 Å². The minimum absolute atomic E-state index is 0.119. The van der Waals surface area contributed by atoms with Crippen LogP contribution in [0.4, 0.5) is 14.5 Å². The molecule has 1 aliphatic rings. The molecule has 1 aromatic carbocycles. The topological polar surface area (TPSA) is 30.5 Å². The monoisotopic (exact) mass is 257 g/mol. The minimum atomic E-state index is -0.637. The molecule has 1 fully saturated rings. The molecule has 0 amide bonds. The Hall–Kier alpha value is -1.20. The van der Waals surface area contributed by atoms with E-state index in [2.05, 4.69) is 5.32 Å². The van der Waals surface area contributed by atoms with E-state index < -0.39 is 17.4 Å². The summed E-state index contributed by atoms with van der Waals surface area (Å²) in [6, 6.07) is 2.39. The summed E-state index contributed by atoms with van der Waals surface area (Å²) >= 11 is 0. The van der Waals surface area contributed by atoms with Gasteiger partial charge in [0.1, 0.15) is 11.5 Å². The van der Waals surface area contributed by atoms with Crippen molar-refractivity contribution in [3.05, 3.63) is 29.3 Å². The molecule has 100 valence electrons. The predicted octanol–water partition coefficient (Wildman–Crippen LogP) is 2.84. The van der Waals surface area contributed by atoms with Gasteiger partial charge in [-0.3, -0.25) is 0 Å². The molecule has 18 heavy (non-hydrogen) atoms. The molecule has 1 aliphatic heterocycles. The molecule has 1 aromatic rings. The second kappa shape index (κ2) is 4.82. The molecule has 0 saturated carbocycles. The van der Waals surface area contributed by atoms with Crippen molar-refractivity contribution in [2.24, 2.45) is 0 Å². The molecule has 3 nitrogen and oxygen atoms in total. The normalized spacial score (nSPS) is 19.8. The Morgan fingerprint density at radius 1 is 1.22 bits per heavy atom. The van der Waals surface area contributed by atoms with Crippen molar-refractivity contribution in [2.75, 3.05) is 18.5 Å². The summed E-state index contributed by atoms with van der Waals surface area (Å²) in [5.41, 5.74) is 0.281. The van der Waals surface area contributed by atoms with Gasteiger partial charge in [-0.05, 0) is 32.4 Å². The van der Waals surface area contributed by atoms with Gasteiger partial charge >= 0.3 is 0 Å². The molecule has 1 saturated heterocycles. The molecule has 0 atom stereocenters. The zero-order valence-corrected chi connectivity index (χ0v) is 10.7. The number of aryl methyl sites for hydroxylation is 1. The average molecular weight is 257 g/mol. The van der Waals surface area contributed by atoms with Crippen LogP contribution in [0.15, 0.2) is 12.1 Å². The van der Waals surface area contributed by atoms with Crippen LogP contribution in [0.3, 0.4) is 0 Å². The fourth-order valence-corrected chi connectivity index (χ4v) is 1.77. The van der Waals surface area contributed by atoms with Gasteiger partial charge in [0.15, 0.2) is 11.6 Å². The van der Waals surface area contributed by atoms with Gasteiger partial charge in [0.2, 0.25) is 0 Å². The maximum Gasteiger partial charge on any atom is 0.162 e. The van der Waals surface area contributed by atoms with Crippen LogP contribution in [0.2, 0.25) is 0 Å². The summed E-state index contributed by atoms with van der Waals surface area (Å²) in [6.45, 7) is 5.89. The van der Waals surface area contributed by atoms with Crippen LogP contribution in [0.25, 0.3) is 0 Å². The van der Waals surface area contributed by atoms with Crippen LogP contribution in [-0.4, -0.2) is 25.0 Å². The molecule has 0 spiro atoms. The zero-order chi connectivity index (χ0) is 13.3. The Labute approximate surface area is 105 Å². The van der Waals surface area contributed by atoms with Gasteiger partial charge in [0, 0.05) is 0 Å². The first-order chi connectivity index (χ1) is 8.39. The van der Waals surface area contributed by atoms with Crippen LogP contribution >= 0.6 is 0 Å². The van der Waals surface area contributed by atoms with Crippen molar-refractivity contribution in [3.63, 3.8) is 0 Å². The molecular weight excluding hydrogens is 240 g/mol. The molecule has 0 aromatic heterocycles. The minimum Gasteiger partial charge on any atom is -0.373 e. The fourth-order valence-electron chi connectivity index (χ4n) is 1.77. The zero-order valence-electron chi connectivity index (χ0n) is 10.7. The highest BCUT2D eigenvalue weighted by atomic mass is 19.1. The third-order valence-corrected chi connectivity index (χ3v) is 2.90. The van der Waals surface area contributed by atoms with Crippen LogP contribution in [0.1, 0.15) is 19.4 Å². The molecule has 5 heteroatoms. The number of hydrogen-bond donors (Lipinski definition) is 1. The Bertz CT molecular complexity index is 439. The third kappa shape index (κ3) is 2.79. The van der Waals surface area contributed by atoms with Gasteiger partial charge in [-0.2, -0.15) is 0 Å². The number of rotatable bonds is 2. The van der Waals surface area contributed by atoms with Crippen LogP contribution < -0.4 is 5.32 Å². The van der Waals surface area contributed by atoms with E-state index in [9.17, 15) is 8.78 Å². The number of hydrogen-bond acceptors (Lipinski definition) is 3. The van der Waals surface area contributed by atoms with Crippen molar-refractivity contribution in [1.82, 2.24) is 0 Å². The lowest BCUT2D eigenvalue weighted by Crippen LogP contribution is -2.45. The van der Waals surface area contributed by atoms with Crippen molar-refractivity contribution in [2.45, 2.75) is 32.6 Å². The second-order valence-corrected chi connectivity index (χ2v) is 4.92. The van der Waals surface area contributed by atoms with Gasteiger partial charge < -0.3 is 14.8 Å². The summed E-state index contributed by atoms with van der Waals surface area (Å²) in [4.78, 5) is 0. The summed E-state index contributed by atoms with van der Waals surface area (Å²) in [5, 5.41) is 2.80. The first kappa shape index (κ1) is 13.2. The smallest absolute Gasteiger partial charge is 0.162 e. The van der Waals surface area contributed by atoms with Gasteiger partial charge in [-0.15, -0.1) is 0 Å². The quantitative estimate of drug-likeness (QED) is 0.883. The lowest BCUT2D eigenvalue weighted by Gasteiger charge is -2.35. The van der Waals surface area contributed by atoms with E-state index in [1.807, 2.05) is 0 Å². The molecule has 0 bridgehead atoms. The average Bonchev–Trinajstić information content (AvgIpc) is 2.32. The van der Waals surface area contributed by atoms with Gasteiger partial charge in [0.25, 0.3) is 0 Å². The predicted molar refractivity (Wildman–Crippen MR) is 64.5 cm³/mol. The fraction of sp³-hybridized carbons (Fsp3) is 0.538. The SMILES string of the molecule is Cc1ccc(F)c(NC2COC(C)(C)OC2)c1F. The molecule has 0 unspecified atom stereocenters. The standard InChI is InChI=1S/C13H17F2NO2/c1-8-4-5-10(14)12(11(8)15)16-9-6-17-13(2,3)18-7-9/h4-5,9,16H,6-7H2,1-3H3. The van der Waals surface area contributed by atoms with E-state index in [0.717, 1.165) is 0 Å². The van der Waals surface area contributed by atoms with Crippen LogP contribution in [-0.2, 0) is 9.47 Å². The summed E-state index contributed by atoms with van der Waals surface area (Å²) in [6.07, 6.45) is 0. The highest BCUT2D eigenvalue weighted by Crippen LogP contribution is 2.25. The van der Waals surface area contributed by atoms with Crippen molar-refractivity contribution in [3.8, 4) is 0 Å². The van der Waals surface area contributed by atoms with Crippen molar-refractivity contribution >= 4 is 5.69 Å². The number of nitrogens with one attached hydrogen (secondary N) is 1. The van der Waals surface area contributed by atoms with Crippen molar-refractivity contribution < 1.29 is 18.3 Å². The maximum absolute atomic E-state index is 13.8. The van der Waals surface area contributed by atoms with E-state index >= 15 is 0 Å². The largest absolute Gasteiger partial charge is 0.373 e. The first-order valence-electron chi connectivity index (χ1n) is 5.88. The lowest BCUT2D eigenvalue weighted by atomic mass is 10.1. The first-order valence-corrected chi connectivity index (χ1v) is 5.88. The molecule has 0 aliphatic carbocycles. The van der Waals surface area contributed by atoms with E-state index in [1.54, 1.807) is 20.8 Å². The van der Waals surface area contributed by atoms with E-state index in [1.165, 1.54) is 12.1 Å². The second-order valence-electron chi connectivity index (χ2n) is 4.92. The van der Waals surface area contributed by atoms with Gasteiger partial charge in [-0.25, -0.2) is 8.78 Å². The number of anilines is 1. The van der Waals surface area contributed by atoms with Gasteiger partial charge in [0.05, 0.1) is 19.3 Å². The number of ether oxygens (including phenoxy) is 2. The highest BCUT2D eigenvalue weighted by molar-refractivity contribution is 5.49. The maximum atomic E-state index is 13.8. The molecule has 0 radical (unpaired) electrons. The molecular formula is C13H17F2NO2. The summed E-state index contributed by atoms with van der Waals surface area (Å²) < 4.78 is 38.2. The van der Waals surface area contributed by atoms with E-state index in [0.29, 0.717) is 18.8 Å². The van der Waals surface area contributed by atoms with Crippen LogP contribution in [0, 0.1) is 18.6 Å². The number of benzene rings is 1. The van der Waals surface area contributed by atoms with Crippen LogP contribution in [0.5, 0.6) is 0 Å². The molecule has 2 rings (SSSR count). The summed E-state index contributed by atoms with van der Waals surface area (Å²) in [5.74, 6) is -1.82. The Balaban J connectivity index is 2.09. The summed E-state index contributed by atoms with van der Waals surface area (Å²) in [7, 11) is 0. The lowest BCUT2D eigenvalue weighted by molar-refractivity contribution is -0.247. The Morgan fingerprint density at radius 2 is 1.83 bits per heavy atom. The van der Waals surface area contributed by atoms with E-state index in [-0.39, 0.29) is 11.7 Å². The Morgan fingerprint density at radius 3 is 2.44 bits per heavy atom. The Kier molecular flexibility index (Phi) is 3.54. The third-order valence-electron chi connectivity index (χ3n) is 2.90. The molecule has 1 N–H and O–H groups in total. The molecule has 1 heterocycles. The highest BCUT2D eigenvalue weighted by Gasteiger charge is 2.29. The van der Waals surface area contributed by atoms with Gasteiger partial charge in [-0.1, -0.05) is 6.07 Å². The van der Waals surface area contributed by atoms with E-state index in [4.69, 9.17) is 9.47 Å². The number of halogens is 2.